The fourth-order valence-electron chi connectivity index (χ4n) is 2.35. The zero-order valence-electron chi connectivity index (χ0n) is 11.3. The maximum atomic E-state index is 11.8. The van der Waals surface area contributed by atoms with Crippen LogP contribution >= 0.6 is 15.9 Å². The van der Waals surface area contributed by atoms with Crippen molar-refractivity contribution in [3.63, 3.8) is 0 Å². The molecule has 0 spiro atoms. The topological polar surface area (TPSA) is 58.6 Å². The number of ether oxygens (including phenoxy) is 1. The summed E-state index contributed by atoms with van der Waals surface area (Å²) in [4.78, 5) is 11.8. The van der Waals surface area contributed by atoms with Crippen molar-refractivity contribution in [2.24, 2.45) is 0 Å². The van der Waals surface area contributed by atoms with Crippen molar-refractivity contribution >= 4 is 21.8 Å². The van der Waals surface area contributed by atoms with Crippen LogP contribution in [0, 0.1) is 0 Å². The zero-order chi connectivity index (χ0) is 14.4. The van der Waals surface area contributed by atoms with Crippen molar-refractivity contribution in [2.75, 3.05) is 6.61 Å². The molecule has 110 valence electrons. The van der Waals surface area contributed by atoms with Crippen LogP contribution in [0.25, 0.3) is 0 Å². The Morgan fingerprint density at radius 1 is 1.30 bits per heavy atom. The second-order valence-electron chi connectivity index (χ2n) is 5.08. The van der Waals surface area contributed by atoms with Crippen LogP contribution in [0.3, 0.4) is 0 Å². The Kier molecular flexibility index (Phi) is 5.86. The summed E-state index contributed by atoms with van der Waals surface area (Å²) >= 11 is 3.35. The van der Waals surface area contributed by atoms with Gasteiger partial charge in [0.2, 0.25) is 5.91 Å². The SMILES string of the molecule is O=C(CCOc1ccc(Br)cc1)NC1CCCCC1O. The molecular weight excluding hydrogens is 322 g/mol. The minimum absolute atomic E-state index is 0.0620. The van der Waals surface area contributed by atoms with Gasteiger partial charge in [-0.3, -0.25) is 4.79 Å². The molecule has 1 aromatic carbocycles. The van der Waals surface area contributed by atoms with Crippen LogP contribution in [0.15, 0.2) is 28.7 Å². The molecule has 1 aliphatic carbocycles. The smallest absolute Gasteiger partial charge is 0.223 e. The van der Waals surface area contributed by atoms with Crippen molar-refractivity contribution < 1.29 is 14.6 Å². The first kappa shape index (κ1) is 15.3. The van der Waals surface area contributed by atoms with E-state index in [0.717, 1.165) is 35.9 Å². The van der Waals surface area contributed by atoms with E-state index in [-0.39, 0.29) is 11.9 Å². The molecule has 0 aliphatic heterocycles. The fraction of sp³-hybridized carbons (Fsp3) is 0.533. The summed E-state index contributed by atoms with van der Waals surface area (Å²) in [6.45, 7) is 0.344. The van der Waals surface area contributed by atoms with Crippen molar-refractivity contribution in [1.29, 1.82) is 0 Å². The normalized spacial score (nSPS) is 22.3. The third-order valence-electron chi connectivity index (χ3n) is 3.49. The maximum Gasteiger partial charge on any atom is 0.223 e. The van der Waals surface area contributed by atoms with E-state index in [1.807, 2.05) is 24.3 Å². The van der Waals surface area contributed by atoms with Gasteiger partial charge in [-0.1, -0.05) is 28.8 Å². The van der Waals surface area contributed by atoms with E-state index in [9.17, 15) is 9.90 Å². The lowest BCUT2D eigenvalue weighted by molar-refractivity contribution is -0.123. The first-order chi connectivity index (χ1) is 9.65. The minimum atomic E-state index is -0.403. The number of carbonyl (C=O) groups is 1. The fourth-order valence-corrected chi connectivity index (χ4v) is 2.62. The van der Waals surface area contributed by atoms with E-state index in [0.29, 0.717) is 13.0 Å². The van der Waals surface area contributed by atoms with Gasteiger partial charge >= 0.3 is 0 Å². The average molecular weight is 342 g/mol. The summed E-state index contributed by atoms with van der Waals surface area (Å²) in [6, 6.07) is 7.41. The summed E-state index contributed by atoms with van der Waals surface area (Å²) in [5, 5.41) is 12.7. The third-order valence-corrected chi connectivity index (χ3v) is 4.02. The van der Waals surface area contributed by atoms with Crippen LogP contribution < -0.4 is 10.1 Å². The Morgan fingerprint density at radius 2 is 2.00 bits per heavy atom. The number of hydrogen-bond donors (Lipinski definition) is 2. The Bertz CT molecular complexity index is 435. The van der Waals surface area contributed by atoms with E-state index < -0.39 is 6.10 Å². The van der Waals surface area contributed by atoms with Crippen LogP contribution in [-0.4, -0.2) is 29.8 Å². The lowest BCUT2D eigenvalue weighted by Crippen LogP contribution is -2.45. The van der Waals surface area contributed by atoms with Gasteiger partial charge in [0.1, 0.15) is 5.75 Å². The Hall–Kier alpha value is -1.07. The quantitative estimate of drug-likeness (QED) is 0.865. The van der Waals surface area contributed by atoms with E-state index in [2.05, 4.69) is 21.2 Å². The highest BCUT2D eigenvalue weighted by Gasteiger charge is 2.24. The average Bonchev–Trinajstić information content (AvgIpc) is 2.44. The van der Waals surface area contributed by atoms with Crippen LogP contribution in [0.2, 0.25) is 0 Å². The van der Waals surface area contributed by atoms with Gasteiger partial charge < -0.3 is 15.2 Å². The molecule has 4 nitrogen and oxygen atoms in total. The number of aliphatic hydroxyl groups excluding tert-OH is 1. The Morgan fingerprint density at radius 3 is 2.70 bits per heavy atom. The number of carbonyl (C=O) groups excluding carboxylic acids is 1. The summed E-state index contributed by atoms with van der Waals surface area (Å²) in [5.74, 6) is 0.687. The predicted octanol–water partition coefficient (Wildman–Crippen LogP) is 2.64. The number of nitrogens with one attached hydrogen (secondary N) is 1. The molecule has 1 aliphatic rings. The largest absolute Gasteiger partial charge is 0.493 e. The second kappa shape index (κ2) is 7.64. The molecule has 0 bridgehead atoms. The van der Waals surface area contributed by atoms with Gasteiger partial charge in [0.05, 0.1) is 25.2 Å². The number of rotatable bonds is 5. The van der Waals surface area contributed by atoms with Crippen molar-refractivity contribution in [3.8, 4) is 5.75 Å². The van der Waals surface area contributed by atoms with Crippen molar-refractivity contribution in [1.82, 2.24) is 5.32 Å². The number of benzene rings is 1. The van der Waals surface area contributed by atoms with E-state index in [4.69, 9.17) is 4.74 Å². The maximum absolute atomic E-state index is 11.8. The molecule has 0 radical (unpaired) electrons. The second-order valence-corrected chi connectivity index (χ2v) is 5.99. The van der Waals surface area contributed by atoms with Gasteiger partial charge in [-0.25, -0.2) is 0 Å². The van der Waals surface area contributed by atoms with Gasteiger partial charge in [0.25, 0.3) is 0 Å². The minimum Gasteiger partial charge on any atom is -0.493 e. The number of hydrogen-bond acceptors (Lipinski definition) is 3. The first-order valence-electron chi connectivity index (χ1n) is 7.01. The highest BCUT2D eigenvalue weighted by atomic mass is 79.9. The molecule has 1 saturated carbocycles. The van der Waals surface area contributed by atoms with Crippen molar-refractivity contribution in [3.05, 3.63) is 28.7 Å². The summed E-state index contributed by atoms with van der Waals surface area (Å²) in [6.07, 6.45) is 3.65. The number of aliphatic hydroxyl groups is 1. The van der Waals surface area contributed by atoms with Gasteiger partial charge in [-0.2, -0.15) is 0 Å². The molecule has 1 fully saturated rings. The first-order valence-corrected chi connectivity index (χ1v) is 7.80. The zero-order valence-corrected chi connectivity index (χ0v) is 12.9. The van der Waals surface area contributed by atoms with Gasteiger partial charge in [0.15, 0.2) is 0 Å². The lowest BCUT2D eigenvalue weighted by Gasteiger charge is -2.28. The molecule has 2 unspecified atom stereocenters. The molecule has 1 aromatic rings. The highest BCUT2D eigenvalue weighted by molar-refractivity contribution is 9.10. The van der Waals surface area contributed by atoms with E-state index in [1.54, 1.807) is 0 Å². The molecule has 2 atom stereocenters. The molecule has 1 amide bonds. The molecule has 0 saturated heterocycles. The Labute approximate surface area is 127 Å². The lowest BCUT2D eigenvalue weighted by atomic mass is 9.92. The molecule has 0 aromatic heterocycles. The van der Waals surface area contributed by atoms with Crippen LogP contribution in [0.5, 0.6) is 5.75 Å². The monoisotopic (exact) mass is 341 g/mol. The molecule has 0 heterocycles. The van der Waals surface area contributed by atoms with Gasteiger partial charge in [-0.05, 0) is 37.1 Å². The number of amides is 1. The van der Waals surface area contributed by atoms with E-state index in [1.165, 1.54) is 0 Å². The molecular formula is C15H20BrNO3. The predicted molar refractivity (Wildman–Crippen MR) is 80.7 cm³/mol. The van der Waals surface area contributed by atoms with Gasteiger partial charge in [0, 0.05) is 4.47 Å². The third kappa shape index (κ3) is 4.80. The van der Waals surface area contributed by atoms with Crippen LogP contribution in [0.1, 0.15) is 32.1 Å². The summed E-state index contributed by atoms with van der Waals surface area (Å²) < 4.78 is 6.50. The Balaban J connectivity index is 1.68. The van der Waals surface area contributed by atoms with Crippen LogP contribution in [0.4, 0.5) is 0 Å². The highest BCUT2D eigenvalue weighted by Crippen LogP contribution is 2.18. The van der Waals surface area contributed by atoms with Crippen LogP contribution in [-0.2, 0) is 4.79 Å². The van der Waals surface area contributed by atoms with Gasteiger partial charge in [-0.15, -0.1) is 0 Å². The molecule has 20 heavy (non-hydrogen) atoms. The molecule has 2 rings (SSSR count). The van der Waals surface area contributed by atoms with E-state index >= 15 is 0 Å². The molecule has 2 N–H and O–H groups in total. The molecule has 5 heteroatoms. The standard InChI is InChI=1S/C15H20BrNO3/c16-11-5-7-12(8-6-11)20-10-9-15(19)17-13-3-1-2-4-14(13)18/h5-8,13-14,18H,1-4,9-10H2,(H,17,19). The summed E-state index contributed by atoms with van der Waals surface area (Å²) in [7, 11) is 0. The van der Waals surface area contributed by atoms with Crippen molar-refractivity contribution in [2.45, 2.75) is 44.2 Å². The summed E-state index contributed by atoms with van der Waals surface area (Å²) in [5.41, 5.74) is 0. The number of halogens is 1.